The molecule has 0 bridgehead atoms. The Hall–Kier alpha value is -5.22. The van der Waals surface area contributed by atoms with Crippen LogP contribution in [-0.2, 0) is 0 Å². The first-order chi connectivity index (χ1) is 22.8. The second-order valence-corrected chi connectivity index (χ2v) is 13.7. The van der Waals surface area contributed by atoms with Crippen LogP contribution in [0.25, 0.3) is 10.8 Å². The summed E-state index contributed by atoms with van der Waals surface area (Å²) in [6, 6.07) is 29.5. The summed E-state index contributed by atoms with van der Waals surface area (Å²) < 4.78 is 0. The van der Waals surface area contributed by atoms with Gasteiger partial charge in [0.25, 0.3) is 0 Å². The van der Waals surface area contributed by atoms with Gasteiger partial charge in [0.1, 0.15) is 23.0 Å². The molecule has 0 heterocycles. The van der Waals surface area contributed by atoms with E-state index in [1.165, 1.54) is 0 Å². The quantitative estimate of drug-likeness (QED) is 0.137. The van der Waals surface area contributed by atoms with Gasteiger partial charge in [0.05, 0.1) is 0 Å². The SMILES string of the molecule is Cc1cc(C(c2cc(C)c(O)c(C)c2)c2ccc(C(c3cc(C)c(O)c(C)c3)c3cc(C)c(O)c(C)c3)c3ccccc23)cc(C)c1O. The van der Waals surface area contributed by atoms with Gasteiger partial charge in [-0.2, -0.15) is 0 Å². The van der Waals surface area contributed by atoms with Gasteiger partial charge in [-0.05, 0) is 144 Å². The summed E-state index contributed by atoms with van der Waals surface area (Å²) in [6.45, 7) is 15.5. The van der Waals surface area contributed by atoms with E-state index in [4.69, 9.17) is 0 Å². The van der Waals surface area contributed by atoms with Crippen molar-refractivity contribution in [1.82, 2.24) is 0 Å². The van der Waals surface area contributed by atoms with E-state index >= 15 is 0 Å². The summed E-state index contributed by atoms with van der Waals surface area (Å²) in [5.41, 5.74) is 13.1. The molecule has 6 aromatic rings. The van der Waals surface area contributed by atoms with Gasteiger partial charge in [0.15, 0.2) is 0 Å². The number of rotatable bonds is 6. The maximum Gasteiger partial charge on any atom is 0.121 e. The van der Waals surface area contributed by atoms with Gasteiger partial charge < -0.3 is 20.4 Å². The van der Waals surface area contributed by atoms with E-state index in [1.54, 1.807) is 0 Å². The highest BCUT2D eigenvalue weighted by Gasteiger charge is 2.27. The molecule has 0 aliphatic rings. The van der Waals surface area contributed by atoms with Crippen LogP contribution in [0.15, 0.2) is 84.9 Å². The topological polar surface area (TPSA) is 80.9 Å². The number of hydrogen-bond donors (Lipinski definition) is 4. The highest BCUT2D eigenvalue weighted by atomic mass is 16.3. The summed E-state index contributed by atoms with van der Waals surface area (Å²) >= 11 is 0. The summed E-state index contributed by atoms with van der Waals surface area (Å²) in [5.74, 6) is 0.870. The summed E-state index contributed by atoms with van der Waals surface area (Å²) in [4.78, 5) is 0. The van der Waals surface area contributed by atoms with Crippen molar-refractivity contribution in [3.8, 4) is 23.0 Å². The van der Waals surface area contributed by atoms with Crippen LogP contribution < -0.4 is 0 Å². The van der Waals surface area contributed by atoms with E-state index in [9.17, 15) is 20.4 Å². The molecule has 0 fully saturated rings. The predicted octanol–water partition coefficient (Wildman–Crippen LogP) is 10.5. The standard InChI is InChI=1S/C44H44O4/c1-23-15-31(16-24(2)41(23)45)39(32-17-25(3)42(46)26(4)18-32)37-13-14-38(36-12-10-9-11-35(36)37)40(33-19-27(5)43(47)28(6)20-33)34-21-29(7)44(48)30(8)22-34/h9-22,39-40,45-48H,1-8H3. The van der Waals surface area contributed by atoms with Crippen molar-refractivity contribution in [2.75, 3.05) is 0 Å². The number of hydrogen-bond acceptors (Lipinski definition) is 4. The average molecular weight is 637 g/mol. The number of aryl methyl sites for hydroxylation is 8. The predicted molar refractivity (Wildman–Crippen MR) is 196 cm³/mol. The Bertz CT molecular complexity index is 1860. The minimum Gasteiger partial charge on any atom is -0.507 e. The summed E-state index contributed by atoms with van der Waals surface area (Å²) in [7, 11) is 0. The minimum atomic E-state index is -0.172. The van der Waals surface area contributed by atoms with Crippen LogP contribution in [-0.4, -0.2) is 20.4 Å². The van der Waals surface area contributed by atoms with Crippen LogP contribution >= 0.6 is 0 Å². The first-order valence-electron chi connectivity index (χ1n) is 16.5. The fourth-order valence-electron chi connectivity index (χ4n) is 7.58. The van der Waals surface area contributed by atoms with Gasteiger partial charge in [0, 0.05) is 11.8 Å². The molecule has 4 heteroatoms. The smallest absolute Gasteiger partial charge is 0.121 e. The fourth-order valence-corrected chi connectivity index (χ4v) is 7.58. The fraction of sp³-hybridized carbons (Fsp3) is 0.227. The molecule has 4 N–H and O–H groups in total. The zero-order valence-corrected chi connectivity index (χ0v) is 29.0. The Morgan fingerprint density at radius 1 is 0.333 bits per heavy atom. The molecule has 0 spiro atoms. The highest BCUT2D eigenvalue weighted by Crippen LogP contribution is 2.45. The lowest BCUT2D eigenvalue weighted by molar-refractivity contribution is 0.465. The molecule has 0 saturated heterocycles. The third kappa shape index (κ3) is 5.66. The molecule has 0 radical (unpaired) electrons. The van der Waals surface area contributed by atoms with Crippen molar-refractivity contribution in [2.45, 2.75) is 67.2 Å². The minimum absolute atomic E-state index is 0.172. The lowest BCUT2D eigenvalue weighted by atomic mass is 9.77. The van der Waals surface area contributed by atoms with Gasteiger partial charge in [-0.25, -0.2) is 0 Å². The van der Waals surface area contributed by atoms with E-state index in [0.717, 1.165) is 88.7 Å². The van der Waals surface area contributed by atoms with Crippen molar-refractivity contribution in [2.24, 2.45) is 0 Å². The number of fused-ring (bicyclic) bond motifs is 1. The molecule has 0 unspecified atom stereocenters. The molecule has 0 atom stereocenters. The van der Waals surface area contributed by atoms with E-state index in [2.05, 4.69) is 84.9 Å². The van der Waals surface area contributed by atoms with Crippen molar-refractivity contribution in [1.29, 1.82) is 0 Å². The Balaban J connectivity index is 1.67. The highest BCUT2D eigenvalue weighted by molar-refractivity contribution is 5.91. The van der Waals surface area contributed by atoms with Gasteiger partial charge in [-0.1, -0.05) is 84.9 Å². The largest absolute Gasteiger partial charge is 0.507 e. The molecular formula is C44H44O4. The molecule has 48 heavy (non-hydrogen) atoms. The molecule has 0 aliphatic heterocycles. The van der Waals surface area contributed by atoms with Crippen LogP contribution in [0, 0.1) is 55.4 Å². The Kier molecular flexibility index (Phi) is 8.47. The van der Waals surface area contributed by atoms with Gasteiger partial charge in [0.2, 0.25) is 0 Å². The normalized spacial score (nSPS) is 11.6. The Morgan fingerprint density at radius 3 is 0.750 bits per heavy atom. The number of benzene rings is 6. The molecule has 0 aromatic heterocycles. The summed E-state index contributed by atoms with van der Waals surface area (Å²) in [5, 5.41) is 45.1. The lowest BCUT2D eigenvalue weighted by Gasteiger charge is -2.27. The van der Waals surface area contributed by atoms with E-state index in [1.807, 2.05) is 55.4 Å². The Morgan fingerprint density at radius 2 is 0.542 bits per heavy atom. The van der Waals surface area contributed by atoms with Crippen LogP contribution in [0.2, 0.25) is 0 Å². The second kappa shape index (κ2) is 12.4. The molecule has 6 rings (SSSR count). The monoisotopic (exact) mass is 636 g/mol. The van der Waals surface area contributed by atoms with Crippen molar-refractivity contribution < 1.29 is 20.4 Å². The van der Waals surface area contributed by atoms with Crippen LogP contribution in [0.1, 0.15) is 89.7 Å². The Labute approximate surface area is 283 Å². The molecule has 0 aliphatic carbocycles. The van der Waals surface area contributed by atoms with Gasteiger partial charge in [-0.15, -0.1) is 0 Å². The van der Waals surface area contributed by atoms with Crippen LogP contribution in [0.4, 0.5) is 0 Å². The zero-order chi connectivity index (χ0) is 34.6. The van der Waals surface area contributed by atoms with Crippen LogP contribution in [0.5, 0.6) is 23.0 Å². The van der Waals surface area contributed by atoms with E-state index in [-0.39, 0.29) is 11.8 Å². The zero-order valence-electron chi connectivity index (χ0n) is 29.0. The van der Waals surface area contributed by atoms with Crippen molar-refractivity contribution in [3.63, 3.8) is 0 Å². The lowest BCUT2D eigenvalue weighted by Crippen LogP contribution is -2.10. The van der Waals surface area contributed by atoms with E-state index in [0.29, 0.717) is 23.0 Å². The first kappa shape index (κ1) is 32.7. The molecule has 6 aromatic carbocycles. The summed E-state index contributed by atoms with van der Waals surface area (Å²) in [6.07, 6.45) is 0. The van der Waals surface area contributed by atoms with E-state index < -0.39 is 0 Å². The first-order valence-corrected chi connectivity index (χ1v) is 16.5. The second-order valence-electron chi connectivity index (χ2n) is 13.7. The maximum atomic E-state index is 10.7. The third-order valence-corrected chi connectivity index (χ3v) is 10.0. The number of aromatic hydroxyl groups is 4. The molecular weight excluding hydrogens is 592 g/mol. The molecule has 0 saturated carbocycles. The molecule has 4 nitrogen and oxygen atoms in total. The maximum absolute atomic E-state index is 10.7. The molecule has 244 valence electrons. The number of phenols is 4. The van der Waals surface area contributed by atoms with Gasteiger partial charge in [-0.3, -0.25) is 0 Å². The van der Waals surface area contributed by atoms with Crippen molar-refractivity contribution >= 4 is 10.8 Å². The average Bonchev–Trinajstić information content (AvgIpc) is 3.04. The number of phenolic OH excluding ortho intramolecular Hbond substituents is 4. The van der Waals surface area contributed by atoms with Crippen molar-refractivity contribution in [3.05, 3.63) is 163 Å². The van der Waals surface area contributed by atoms with Crippen LogP contribution in [0.3, 0.4) is 0 Å². The third-order valence-electron chi connectivity index (χ3n) is 10.0. The molecule has 0 amide bonds. The van der Waals surface area contributed by atoms with Gasteiger partial charge >= 0.3 is 0 Å².